The molecule has 1 aromatic carbocycles. The van der Waals surface area contributed by atoms with Crippen LogP contribution in [0.5, 0.6) is 0 Å². The number of rotatable bonds is 6. The smallest absolute Gasteiger partial charge is 0.304 e. The number of aromatic nitrogens is 1. The molecule has 0 atom stereocenters. The SMILES string of the molecule is O=C(O)CCNCc1ncc(-c2ccc(F)cc2)o1. The van der Waals surface area contributed by atoms with Crippen LogP contribution < -0.4 is 5.32 Å². The molecule has 0 spiro atoms. The number of hydrogen-bond donors (Lipinski definition) is 2. The highest BCUT2D eigenvalue weighted by Gasteiger charge is 2.06. The summed E-state index contributed by atoms with van der Waals surface area (Å²) in [4.78, 5) is 14.4. The lowest BCUT2D eigenvalue weighted by Crippen LogP contribution is -2.17. The number of nitrogens with zero attached hydrogens (tertiary/aromatic N) is 1. The first-order valence-electron chi connectivity index (χ1n) is 5.78. The molecule has 0 amide bonds. The second kappa shape index (κ2) is 6.10. The molecule has 2 N–H and O–H groups in total. The van der Waals surface area contributed by atoms with Gasteiger partial charge in [0.1, 0.15) is 5.82 Å². The van der Waals surface area contributed by atoms with Gasteiger partial charge in [0.2, 0.25) is 5.89 Å². The van der Waals surface area contributed by atoms with Crippen LogP contribution in [0.2, 0.25) is 0 Å². The molecule has 2 aromatic rings. The fraction of sp³-hybridized carbons (Fsp3) is 0.231. The summed E-state index contributed by atoms with van der Waals surface area (Å²) in [6.45, 7) is 0.706. The van der Waals surface area contributed by atoms with Crippen molar-refractivity contribution >= 4 is 5.97 Å². The molecule has 1 aromatic heterocycles. The van der Waals surface area contributed by atoms with Gasteiger partial charge in [-0.05, 0) is 24.3 Å². The largest absolute Gasteiger partial charge is 0.481 e. The summed E-state index contributed by atoms with van der Waals surface area (Å²) >= 11 is 0. The van der Waals surface area contributed by atoms with Crippen molar-refractivity contribution in [3.05, 3.63) is 42.2 Å². The molecule has 0 fully saturated rings. The van der Waals surface area contributed by atoms with E-state index in [0.717, 1.165) is 5.56 Å². The number of oxazole rings is 1. The zero-order valence-corrected chi connectivity index (χ0v) is 10.1. The van der Waals surface area contributed by atoms with Crippen LogP contribution in [0.4, 0.5) is 4.39 Å². The standard InChI is InChI=1S/C13H13FN2O3/c14-10-3-1-9(2-4-10)11-7-16-12(19-11)8-15-6-5-13(17)18/h1-4,7,15H,5-6,8H2,(H,17,18). The Morgan fingerprint density at radius 1 is 1.37 bits per heavy atom. The maximum atomic E-state index is 12.8. The van der Waals surface area contributed by atoms with Crippen LogP contribution in [-0.2, 0) is 11.3 Å². The average molecular weight is 264 g/mol. The normalized spacial score (nSPS) is 10.6. The molecule has 2 rings (SSSR count). The maximum absolute atomic E-state index is 12.8. The first-order valence-corrected chi connectivity index (χ1v) is 5.78. The zero-order valence-electron chi connectivity index (χ0n) is 10.1. The fourth-order valence-corrected chi connectivity index (χ4v) is 1.53. The van der Waals surface area contributed by atoms with E-state index in [1.165, 1.54) is 12.1 Å². The average Bonchev–Trinajstić information content (AvgIpc) is 2.84. The Hall–Kier alpha value is -2.21. The topological polar surface area (TPSA) is 75.4 Å². The van der Waals surface area contributed by atoms with Crippen molar-refractivity contribution in [3.63, 3.8) is 0 Å². The first kappa shape index (κ1) is 13.2. The number of carboxylic acid groups (broad SMARTS) is 1. The molecule has 0 saturated heterocycles. The molecule has 0 aliphatic carbocycles. The molecule has 19 heavy (non-hydrogen) atoms. The van der Waals surface area contributed by atoms with Crippen molar-refractivity contribution in [1.82, 2.24) is 10.3 Å². The highest BCUT2D eigenvalue weighted by Crippen LogP contribution is 2.20. The van der Waals surface area contributed by atoms with Gasteiger partial charge in [-0.3, -0.25) is 4.79 Å². The lowest BCUT2D eigenvalue weighted by atomic mass is 10.2. The molecule has 0 unspecified atom stereocenters. The number of halogens is 1. The molecule has 0 aliphatic rings. The summed E-state index contributed by atoms with van der Waals surface area (Å²) < 4.78 is 18.2. The van der Waals surface area contributed by atoms with E-state index in [4.69, 9.17) is 9.52 Å². The number of carboxylic acids is 1. The van der Waals surface area contributed by atoms with Gasteiger partial charge >= 0.3 is 5.97 Å². The second-order valence-corrected chi connectivity index (χ2v) is 3.95. The van der Waals surface area contributed by atoms with Gasteiger partial charge in [0, 0.05) is 12.1 Å². The van der Waals surface area contributed by atoms with Crippen LogP contribution >= 0.6 is 0 Å². The van der Waals surface area contributed by atoms with E-state index >= 15 is 0 Å². The lowest BCUT2D eigenvalue weighted by Gasteiger charge is -1.99. The Balaban J connectivity index is 1.91. The minimum atomic E-state index is -0.855. The number of aliphatic carboxylic acids is 1. The molecule has 6 heteroatoms. The first-order chi connectivity index (χ1) is 9.15. The van der Waals surface area contributed by atoms with E-state index in [9.17, 15) is 9.18 Å². The Bertz CT molecular complexity index is 551. The summed E-state index contributed by atoms with van der Waals surface area (Å²) in [6.07, 6.45) is 1.60. The molecule has 5 nitrogen and oxygen atoms in total. The quantitative estimate of drug-likeness (QED) is 0.781. The molecular weight excluding hydrogens is 251 g/mol. The van der Waals surface area contributed by atoms with Crippen LogP contribution in [0.1, 0.15) is 12.3 Å². The molecule has 100 valence electrons. The Labute approximate surface area is 109 Å². The monoisotopic (exact) mass is 264 g/mol. The predicted molar refractivity (Wildman–Crippen MR) is 65.9 cm³/mol. The van der Waals surface area contributed by atoms with Crippen LogP contribution in [0.15, 0.2) is 34.9 Å². The van der Waals surface area contributed by atoms with Gasteiger partial charge in [0.05, 0.1) is 19.2 Å². The van der Waals surface area contributed by atoms with E-state index < -0.39 is 5.97 Å². The second-order valence-electron chi connectivity index (χ2n) is 3.95. The molecule has 0 aliphatic heterocycles. The maximum Gasteiger partial charge on any atom is 0.304 e. The summed E-state index contributed by atoms with van der Waals surface area (Å²) in [5.41, 5.74) is 0.741. The molecule has 0 bridgehead atoms. The van der Waals surface area contributed by atoms with Crippen LogP contribution in [0, 0.1) is 5.82 Å². The summed E-state index contributed by atoms with van der Waals surface area (Å²) in [7, 11) is 0. The number of nitrogens with one attached hydrogen (secondary N) is 1. The van der Waals surface area contributed by atoms with Gasteiger partial charge < -0.3 is 14.8 Å². The number of benzene rings is 1. The van der Waals surface area contributed by atoms with Crippen molar-refractivity contribution < 1.29 is 18.7 Å². The summed E-state index contributed by atoms with van der Waals surface area (Å²) in [6, 6.07) is 5.92. The van der Waals surface area contributed by atoms with E-state index in [2.05, 4.69) is 10.3 Å². The third-order valence-corrected chi connectivity index (χ3v) is 2.47. The van der Waals surface area contributed by atoms with E-state index in [-0.39, 0.29) is 12.2 Å². The Kier molecular flexibility index (Phi) is 4.25. The Morgan fingerprint density at radius 3 is 2.79 bits per heavy atom. The third kappa shape index (κ3) is 3.89. The number of carbonyl (C=O) groups is 1. The van der Waals surface area contributed by atoms with Crippen molar-refractivity contribution in [1.29, 1.82) is 0 Å². The van der Waals surface area contributed by atoms with Gasteiger partial charge in [-0.2, -0.15) is 0 Å². The molecular formula is C13H13FN2O3. The van der Waals surface area contributed by atoms with Gasteiger partial charge in [-0.15, -0.1) is 0 Å². The van der Waals surface area contributed by atoms with Crippen molar-refractivity contribution in [3.8, 4) is 11.3 Å². The van der Waals surface area contributed by atoms with Crippen molar-refractivity contribution in [2.75, 3.05) is 6.54 Å². The van der Waals surface area contributed by atoms with Crippen LogP contribution in [0.3, 0.4) is 0 Å². The van der Waals surface area contributed by atoms with Gasteiger partial charge in [0.25, 0.3) is 0 Å². The van der Waals surface area contributed by atoms with Crippen LogP contribution in [-0.4, -0.2) is 22.6 Å². The lowest BCUT2D eigenvalue weighted by molar-refractivity contribution is -0.136. The van der Waals surface area contributed by atoms with Crippen molar-refractivity contribution in [2.24, 2.45) is 0 Å². The highest BCUT2D eigenvalue weighted by atomic mass is 19.1. The fourth-order valence-electron chi connectivity index (χ4n) is 1.53. The summed E-state index contributed by atoms with van der Waals surface area (Å²) in [5, 5.41) is 11.4. The van der Waals surface area contributed by atoms with E-state index in [1.807, 2.05) is 0 Å². The van der Waals surface area contributed by atoms with Crippen LogP contribution in [0.25, 0.3) is 11.3 Å². The molecule has 1 heterocycles. The zero-order chi connectivity index (χ0) is 13.7. The van der Waals surface area contributed by atoms with E-state index in [0.29, 0.717) is 24.7 Å². The Morgan fingerprint density at radius 2 is 2.11 bits per heavy atom. The molecule has 0 saturated carbocycles. The van der Waals surface area contributed by atoms with E-state index in [1.54, 1.807) is 18.3 Å². The van der Waals surface area contributed by atoms with Gasteiger partial charge in [-0.25, -0.2) is 9.37 Å². The summed E-state index contributed by atoms with van der Waals surface area (Å²) in [5.74, 6) is -0.148. The minimum Gasteiger partial charge on any atom is -0.481 e. The predicted octanol–water partition coefficient (Wildman–Crippen LogP) is 2.04. The van der Waals surface area contributed by atoms with Gasteiger partial charge in [0.15, 0.2) is 5.76 Å². The highest BCUT2D eigenvalue weighted by molar-refractivity contribution is 5.66. The third-order valence-electron chi connectivity index (χ3n) is 2.47. The van der Waals surface area contributed by atoms with Gasteiger partial charge in [-0.1, -0.05) is 0 Å². The molecule has 0 radical (unpaired) electrons. The number of hydrogen-bond acceptors (Lipinski definition) is 4. The van der Waals surface area contributed by atoms with Crippen molar-refractivity contribution in [2.45, 2.75) is 13.0 Å². The minimum absolute atomic E-state index is 0.0472.